The molecule has 0 fully saturated rings. The highest BCUT2D eigenvalue weighted by molar-refractivity contribution is 9.42. The van der Waals surface area contributed by atoms with Crippen LogP contribution in [0.4, 0.5) is 0 Å². The monoisotopic (exact) mass is 409 g/mol. The van der Waals surface area contributed by atoms with Gasteiger partial charge in [0.15, 0.2) is 0 Å². The molecule has 5 nitrogen and oxygen atoms in total. The molecule has 14 heavy (non-hydrogen) atoms. The minimum atomic E-state index is -3.68. The van der Waals surface area contributed by atoms with E-state index in [-0.39, 0.29) is 5.03 Å². The minimum Gasteiger partial charge on any atom is -0.350 e. The lowest BCUT2D eigenvalue weighted by atomic mass is 10.7. The molecule has 0 bridgehead atoms. The predicted octanol–water partition coefficient (Wildman–Crippen LogP) is 1.18. The SMILES string of the molecule is O=S(=O)(c1cc[n+](O)cn1)C(Br)(Br)Br. The van der Waals surface area contributed by atoms with Gasteiger partial charge in [-0.15, -0.1) is 0 Å². The van der Waals surface area contributed by atoms with Crippen LogP contribution in [0.1, 0.15) is 0 Å². The maximum atomic E-state index is 11.7. The number of aromatic nitrogens is 2. The highest BCUT2D eigenvalue weighted by Crippen LogP contribution is 2.42. The molecule has 1 N–H and O–H groups in total. The Labute approximate surface area is 105 Å². The molecule has 0 radical (unpaired) electrons. The lowest BCUT2D eigenvalue weighted by Gasteiger charge is -2.09. The molecule has 0 saturated heterocycles. The standard InChI is InChI=1S/C5H4Br3N2O3S/c6-5(7,8)14(12,13)4-1-2-10(11)3-9-4/h1-3,11H/q+1. The van der Waals surface area contributed by atoms with Gasteiger partial charge in [-0.25, -0.2) is 8.42 Å². The van der Waals surface area contributed by atoms with Gasteiger partial charge in [0.05, 0.1) is 0 Å². The van der Waals surface area contributed by atoms with Gasteiger partial charge in [0, 0.05) is 6.07 Å². The summed E-state index contributed by atoms with van der Waals surface area (Å²) < 4.78 is 22.5. The third-order valence-corrected chi connectivity index (χ3v) is 6.49. The number of hydrogen-bond donors (Lipinski definition) is 1. The number of nitrogens with zero attached hydrogens (tertiary/aromatic N) is 2. The van der Waals surface area contributed by atoms with E-state index in [0.29, 0.717) is 4.73 Å². The van der Waals surface area contributed by atoms with Gasteiger partial charge in [-0.3, -0.25) is 0 Å². The summed E-state index contributed by atoms with van der Waals surface area (Å²) in [7, 11) is -3.68. The summed E-state index contributed by atoms with van der Waals surface area (Å²) in [5.74, 6) is 0. The van der Waals surface area contributed by atoms with Crippen molar-refractivity contribution in [3.8, 4) is 0 Å². The molecule has 1 aromatic heterocycles. The average molecular weight is 412 g/mol. The molecule has 1 heterocycles. The topological polar surface area (TPSA) is 71.1 Å². The van der Waals surface area contributed by atoms with Gasteiger partial charge in [-0.2, -0.15) is 0 Å². The van der Waals surface area contributed by atoms with Crippen molar-refractivity contribution < 1.29 is 18.4 Å². The van der Waals surface area contributed by atoms with Crippen molar-refractivity contribution in [3.05, 3.63) is 18.6 Å². The Hall–Kier alpha value is 0.270. The lowest BCUT2D eigenvalue weighted by molar-refractivity contribution is -0.907. The summed E-state index contributed by atoms with van der Waals surface area (Å²) in [6.45, 7) is 0. The Balaban J connectivity index is 3.25. The van der Waals surface area contributed by atoms with E-state index in [1.54, 1.807) is 0 Å². The van der Waals surface area contributed by atoms with Crippen LogP contribution in [0.2, 0.25) is 0 Å². The van der Waals surface area contributed by atoms with E-state index in [4.69, 9.17) is 5.21 Å². The molecule has 0 aliphatic rings. The van der Waals surface area contributed by atoms with Crippen LogP contribution >= 0.6 is 47.8 Å². The summed E-state index contributed by atoms with van der Waals surface area (Å²) in [5.41, 5.74) is 0. The first kappa shape index (κ1) is 12.3. The third kappa shape index (κ3) is 2.44. The zero-order valence-corrected chi connectivity index (χ0v) is 12.0. The van der Waals surface area contributed by atoms with E-state index in [0.717, 1.165) is 6.33 Å². The second-order valence-corrected chi connectivity index (χ2v) is 12.6. The van der Waals surface area contributed by atoms with Crippen LogP contribution < -0.4 is 4.73 Å². The third-order valence-electron chi connectivity index (χ3n) is 1.25. The molecular weight excluding hydrogens is 408 g/mol. The molecule has 9 heteroatoms. The van der Waals surface area contributed by atoms with Gasteiger partial charge in [-0.1, -0.05) is 4.73 Å². The zero-order valence-electron chi connectivity index (χ0n) is 6.43. The molecule has 0 unspecified atom stereocenters. The van der Waals surface area contributed by atoms with Crippen molar-refractivity contribution in [2.45, 2.75) is 6.50 Å². The molecular formula is C5H4Br3N2O3S+. The van der Waals surface area contributed by atoms with E-state index < -0.39 is 11.3 Å². The summed E-state index contributed by atoms with van der Waals surface area (Å²) in [6.07, 6.45) is 2.14. The predicted molar refractivity (Wildman–Crippen MR) is 58.3 cm³/mol. The number of hydrogen-bond acceptors (Lipinski definition) is 4. The molecule has 78 valence electrons. The zero-order chi connectivity index (χ0) is 11.0. The Morgan fingerprint density at radius 2 is 2.00 bits per heavy atom. The largest absolute Gasteiger partial charge is 0.350 e. The molecule has 1 aromatic rings. The number of halogens is 3. The summed E-state index contributed by atoms with van der Waals surface area (Å²) in [5, 5.41) is 8.68. The highest BCUT2D eigenvalue weighted by Gasteiger charge is 2.41. The van der Waals surface area contributed by atoms with Crippen LogP contribution in [-0.2, 0) is 9.84 Å². The second kappa shape index (κ2) is 4.03. The van der Waals surface area contributed by atoms with Crippen molar-refractivity contribution in [3.63, 3.8) is 0 Å². The van der Waals surface area contributed by atoms with E-state index in [1.807, 2.05) is 0 Å². The normalized spacial score (nSPS) is 12.8. The van der Waals surface area contributed by atoms with Crippen LogP contribution in [0.3, 0.4) is 0 Å². The summed E-state index contributed by atoms with van der Waals surface area (Å²) in [6, 6.07) is 1.17. The van der Waals surface area contributed by atoms with Gasteiger partial charge in [0.2, 0.25) is 1.47 Å². The smallest absolute Gasteiger partial charge is 0.326 e. The molecule has 0 aromatic carbocycles. The van der Waals surface area contributed by atoms with E-state index in [1.165, 1.54) is 12.3 Å². The Bertz CT molecular complexity index is 425. The number of alkyl halides is 3. The van der Waals surface area contributed by atoms with Crippen molar-refractivity contribution in [1.82, 2.24) is 4.98 Å². The van der Waals surface area contributed by atoms with Gasteiger partial charge >= 0.3 is 6.33 Å². The first-order valence-electron chi connectivity index (χ1n) is 3.13. The first-order chi connectivity index (χ1) is 6.25. The Kier molecular flexibility index (Phi) is 3.55. The van der Waals surface area contributed by atoms with Crippen molar-refractivity contribution in [1.29, 1.82) is 0 Å². The number of rotatable bonds is 1. The van der Waals surface area contributed by atoms with Gasteiger partial charge in [-0.05, 0) is 52.8 Å². The van der Waals surface area contributed by atoms with E-state index in [2.05, 4.69) is 52.8 Å². The molecule has 1 rings (SSSR count). The molecule has 0 atom stereocenters. The van der Waals surface area contributed by atoms with Crippen LogP contribution in [-0.4, -0.2) is 20.1 Å². The quantitative estimate of drug-likeness (QED) is 0.326. The molecule has 0 spiro atoms. The van der Waals surface area contributed by atoms with Gasteiger partial charge in [0.25, 0.3) is 14.9 Å². The van der Waals surface area contributed by atoms with E-state index in [9.17, 15) is 8.42 Å². The summed E-state index contributed by atoms with van der Waals surface area (Å²) >= 11 is 8.67. The fourth-order valence-corrected chi connectivity index (χ4v) is 2.77. The number of sulfone groups is 1. The fraction of sp³-hybridized carbons (Fsp3) is 0.200. The van der Waals surface area contributed by atoms with Crippen LogP contribution in [0.5, 0.6) is 0 Å². The van der Waals surface area contributed by atoms with Gasteiger partial charge in [0.1, 0.15) is 6.20 Å². The van der Waals surface area contributed by atoms with Crippen LogP contribution in [0.25, 0.3) is 0 Å². The maximum Gasteiger partial charge on any atom is 0.326 e. The van der Waals surface area contributed by atoms with Crippen molar-refractivity contribution >= 4 is 57.6 Å². The first-order valence-corrected chi connectivity index (χ1v) is 6.99. The van der Waals surface area contributed by atoms with Crippen molar-refractivity contribution in [2.24, 2.45) is 0 Å². The van der Waals surface area contributed by atoms with Gasteiger partial charge < -0.3 is 5.21 Å². The molecule has 0 aliphatic carbocycles. The highest BCUT2D eigenvalue weighted by atomic mass is 80.0. The Morgan fingerprint density at radius 1 is 1.43 bits per heavy atom. The fourth-order valence-electron chi connectivity index (χ4n) is 0.615. The second-order valence-electron chi connectivity index (χ2n) is 2.23. The molecule has 0 amide bonds. The summed E-state index contributed by atoms with van der Waals surface area (Å²) in [4.78, 5) is 3.55. The lowest BCUT2D eigenvalue weighted by Crippen LogP contribution is -2.30. The Morgan fingerprint density at radius 3 is 2.36 bits per heavy atom. The van der Waals surface area contributed by atoms with E-state index >= 15 is 0 Å². The van der Waals surface area contributed by atoms with Crippen LogP contribution in [0, 0.1) is 0 Å². The minimum absolute atomic E-state index is 0.173. The van der Waals surface area contributed by atoms with Crippen molar-refractivity contribution in [2.75, 3.05) is 0 Å². The maximum absolute atomic E-state index is 11.7. The molecule has 0 aliphatic heterocycles. The van der Waals surface area contributed by atoms with Crippen LogP contribution in [0.15, 0.2) is 23.6 Å². The molecule has 0 saturated carbocycles. The average Bonchev–Trinajstić information content (AvgIpc) is 2.03.